The van der Waals surface area contributed by atoms with E-state index in [1.165, 1.54) is 67.5 Å². The van der Waals surface area contributed by atoms with E-state index in [2.05, 4.69) is 17.2 Å². The van der Waals surface area contributed by atoms with Gasteiger partial charge in [-0.3, -0.25) is 18.9 Å². The van der Waals surface area contributed by atoms with Crippen molar-refractivity contribution in [1.82, 2.24) is 14.3 Å². The van der Waals surface area contributed by atoms with Crippen molar-refractivity contribution in [3.63, 3.8) is 0 Å². The molecular formula is C30H44N4O3S2. The number of aromatic nitrogens is 2. The summed E-state index contributed by atoms with van der Waals surface area (Å²) < 4.78 is 7.68. The second-order valence-electron chi connectivity index (χ2n) is 10.3. The highest BCUT2D eigenvalue weighted by atomic mass is 32.2. The lowest BCUT2D eigenvalue weighted by Gasteiger charge is -2.14. The van der Waals surface area contributed by atoms with E-state index >= 15 is 0 Å². The van der Waals surface area contributed by atoms with Crippen LogP contribution in [-0.4, -0.2) is 50.3 Å². The number of ether oxygens (including phenoxy) is 1. The Bertz CT molecular complexity index is 1180. The van der Waals surface area contributed by atoms with Crippen molar-refractivity contribution in [3.05, 3.63) is 45.2 Å². The fourth-order valence-electron chi connectivity index (χ4n) is 4.55. The van der Waals surface area contributed by atoms with Gasteiger partial charge in [-0.05, 0) is 44.9 Å². The largest absolute Gasteiger partial charge is 0.379 e. The number of hydrogen-bond acceptors (Lipinski definition) is 7. The lowest BCUT2D eigenvalue weighted by molar-refractivity contribution is -0.122. The predicted octanol–water partition coefficient (Wildman–Crippen LogP) is 7.04. The molecule has 214 valence electrons. The number of nitrogens with zero attached hydrogens (tertiary/aromatic N) is 3. The Kier molecular flexibility index (Phi) is 13.5. The summed E-state index contributed by atoms with van der Waals surface area (Å²) in [6.45, 7) is 8.09. The van der Waals surface area contributed by atoms with Crippen LogP contribution in [0.4, 0.5) is 5.82 Å². The molecule has 0 saturated carbocycles. The summed E-state index contributed by atoms with van der Waals surface area (Å²) in [5.41, 5.74) is 0.693. The van der Waals surface area contributed by atoms with Gasteiger partial charge in [0, 0.05) is 25.9 Å². The van der Waals surface area contributed by atoms with Crippen LogP contribution in [0.5, 0.6) is 0 Å². The molecule has 3 heterocycles. The quantitative estimate of drug-likeness (QED) is 0.117. The Labute approximate surface area is 242 Å². The number of fused-ring (bicyclic) bond motifs is 1. The summed E-state index contributed by atoms with van der Waals surface area (Å²) in [6.07, 6.45) is 16.7. The second-order valence-corrected chi connectivity index (χ2v) is 12.0. The van der Waals surface area contributed by atoms with Gasteiger partial charge in [0.1, 0.15) is 15.8 Å². The topological polar surface area (TPSA) is 75.9 Å². The molecule has 0 radical (unpaired) electrons. The van der Waals surface area contributed by atoms with Crippen molar-refractivity contribution in [2.45, 2.75) is 97.5 Å². The van der Waals surface area contributed by atoms with Crippen LogP contribution < -0.4 is 10.9 Å². The standard InChI is InChI=1S/C30H44N4O3S2/c1-4-5-6-7-8-9-10-11-12-14-20-34-29(36)25(39-30(34)38)22-24-27(31-18-16-21-37-23(2)3)32-26-17-13-15-19-33(26)28(24)35/h13,15,17,19,22-23,31H,4-12,14,16,18,20-21H2,1-3H3. The van der Waals surface area contributed by atoms with E-state index in [0.29, 0.717) is 46.0 Å². The number of thioether (sulfide) groups is 1. The van der Waals surface area contributed by atoms with Crippen LogP contribution >= 0.6 is 24.0 Å². The van der Waals surface area contributed by atoms with Crippen LogP contribution in [-0.2, 0) is 9.53 Å². The van der Waals surface area contributed by atoms with Crippen molar-refractivity contribution in [2.24, 2.45) is 0 Å². The molecule has 39 heavy (non-hydrogen) atoms. The van der Waals surface area contributed by atoms with Crippen molar-refractivity contribution in [2.75, 3.05) is 25.0 Å². The molecule has 1 aliphatic heterocycles. The minimum absolute atomic E-state index is 0.130. The highest BCUT2D eigenvalue weighted by Gasteiger charge is 2.32. The first-order chi connectivity index (χ1) is 18.9. The number of carbonyl (C=O) groups excluding carboxylic acids is 1. The van der Waals surface area contributed by atoms with Gasteiger partial charge in [-0.2, -0.15) is 0 Å². The van der Waals surface area contributed by atoms with Gasteiger partial charge in [0.15, 0.2) is 0 Å². The van der Waals surface area contributed by atoms with Crippen molar-refractivity contribution >= 4 is 51.7 Å². The van der Waals surface area contributed by atoms with Crippen LogP contribution in [0.3, 0.4) is 0 Å². The summed E-state index contributed by atoms with van der Waals surface area (Å²) >= 11 is 6.80. The maximum Gasteiger partial charge on any atom is 0.267 e. The molecule has 1 N–H and O–H groups in total. The Morgan fingerprint density at radius 1 is 1.03 bits per heavy atom. The number of nitrogens with one attached hydrogen (secondary N) is 1. The number of pyridine rings is 1. The number of hydrogen-bond donors (Lipinski definition) is 1. The highest BCUT2D eigenvalue weighted by Crippen LogP contribution is 2.33. The van der Waals surface area contributed by atoms with Crippen LogP contribution in [0.2, 0.25) is 0 Å². The molecular weight excluding hydrogens is 528 g/mol. The molecule has 0 bridgehead atoms. The third kappa shape index (κ3) is 9.72. The molecule has 7 nitrogen and oxygen atoms in total. The van der Waals surface area contributed by atoms with Crippen molar-refractivity contribution in [3.8, 4) is 0 Å². The SMILES string of the molecule is CCCCCCCCCCCCN1C(=O)C(=Cc2c(NCCCOC(C)C)nc3ccccn3c2=O)SC1=S. The first-order valence-electron chi connectivity index (χ1n) is 14.5. The van der Waals surface area contributed by atoms with Gasteiger partial charge in [-0.15, -0.1) is 0 Å². The van der Waals surface area contributed by atoms with Crippen LogP contribution in [0.15, 0.2) is 34.1 Å². The lowest BCUT2D eigenvalue weighted by atomic mass is 10.1. The summed E-state index contributed by atoms with van der Waals surface area (Å²) in [5.74, 6) is 0.338. The highest BCUT2D eigenvalue weighted by molar-refractivity contribution is 8.26. The van der Waals surface area contributed by atoms with E-state index in [4.69, 9.17) is 17.0 Å². The molecule has 2 aromatic rings. The molecule has 9 heteroatoms. The summed E-state index contributed by atoms with van der Waals surface area (Å²) in [6, 6.07) is 5.44. The van der Waals surface area contributed by atoms with Gasteiger partial charge in [0.05, 0.1) is 16.6 Å². The Morgan fingerprint density at radius 3 is 2.41 bits per heavy atom. The molecule has 0 unspecified atom stereocenters. The third-order valence-electron chi connectivity index (χ3n) is 6.72. The maximum absolute atomic E-state index is 13.4. The first-order valence-corrected chi connectivity index (χ1v) is 15.8. The normalized spacial score (nSPS) is 14.9. The molecule has 0 aromatic carbocycles. The fourth-order valence-corrected chi connectivity index (χ4v) is 5.84. The number of amides is 1. The number of rotatable bonds is 18. The minimum atomic E-state index is -0.221. The molecule has 0 atom stereocenters. The van der Waals surface area contributed by atoms with E-state index < -0.39 is 0 Å². The molecule has 1 aliphatic rings. The zero-order valence-corrected chi connectivity index (χ0v) is 25.4. The van der Waals surface area contributed by atoms with E-state index in [1.807, 2.05) is 19.9 Å². The van der Waals surface area contributed by atoms with Gasteiger partial charge in [-0.1, -0.05) is 94.8 Å². The average Bonchev–Trinajstić information content (AvgIpc) is 3.18. The van der Waals surface area contributed by atoms with E-state index in [1.54, 1.807) is 29.3 Å². The van der Waals surface area contributed by atoms with Gasteiger partial charge in [-0.25, -0.2) is 4.98 Å². The average molecular weight is 573 g/mol. The number of carbonyl (C=O) groups is 1. The van der Waals surface area contributed by atoms with Crippen LogP contribution in [0, 0.1) is 0 Å². The molecule has 0 spiro atoms. The van der Waals surface area contributed by atoms with Crippen molar-refractivity contribution in [1.29, 1.82) is 0 Å². The lowest BCUT2D eigenvalue weighted by Crippen LogP contribution is -2.29. The van der Waals surface area contributed by atoms with Gasteiger partial charge in [0.2, 0.25) is 0 Å². The van der Waals surface area contributed by atoms with Crippen molar-refractivity contribution < 1.29 is 9.53 Å². The maximum atomic E-state index is 13.4. The Balaban J connectivity index is 1.61. The smallest absolute Gasteiger partial charge is 0.267 e. The zero-order chi connectivity index (χ0) is 28.0. The molecule has 3 rings (SSSR count). The van der Waals surface area contributed by atoms with E-state index in [9.17, 15) is 9.59 Å². The van der Waals surface area contributed by atoms with Crippen LogP contribution in [0.1, 0.15) is 97.0 Å². The third-order valence-corrected chi connectivity index (χ3v) is 8.10. The van der Waals surface area contributed by atoms with E-state index in [-0.39, 0.29) is 17.6 Å². The van der Waals surface area contributed by atoms with Gasteiger partial charge in [0.25, 0.3) is 11.5 Å². The number of thiocarbonyl (C=S) groups is 1. The monoisotopic (exact) mass is 572 g/mol. The summed E-state index contributed by atoms with van der Waals surface area (Å²) in [7, 11) is 0. The first kappa shape index (κ1) is 31.3. The second kappa shape index (κ2) is 16.8. The van der Waals surface area contributed by atoms with Crippen LogP contribution in [0.25, 0.3) is 11.7 Å². The summed E-state index contributed by atoms with van der Waals surface area (Å²) in [4.78, 5) is 33.5. The number of anilines is 1. The Morgan fingerprint density at radius 2 is 1.72 bits per heavy atom. The molecule has 1 saturated heterocycles. The zero-order valence-electron chi connectivity index (χ0n) is 23.7. The molecule has 1 fully saturated rings. The fraction of sp³-hybridized carbons (Fsp3) is 0.600. The summed E-state index contributed by atoms with van der Waals surface area (Å²) in [5, 5.41) is 3.29. The molecule has 0 aliphatic carbocycles. The van der Waals surface area contributed by atoms with Gasteiger partial charge < -0.3 is 10.1 Å². The molecule has 2 aromatic heterocycles. The van der Waals surface area contributed by atoms with Gasteiger partial charge >= 0.3 is 0 Å². The van der Waals surface area contributed by atoms with E-state index in [0.717, 1.165) is 19.3 Å². The Hall–Kier alpha value is -2.23. The number of unbranched alkanes of at least 4 members (excludes halogenated alkanes) is 9. The molecule has 1 amide bonds. The minimum Gasteiger partial charge on any atom is -0.379 e. The predicted molar refractivity (Wildman–Crippen MR) is 167 cm³/mol.